The van der Waals surface area contributed by atoms with Gasteiger partial charge in [0.25, 0.3) is 5.56 Å². The summed E-state index contributed by atoms with van der Waals surface area (Å²) in [7, 11) is 1.34. The number of esters is 1. The number of aromatic nitrogens is 3. The first-order chi connectivity index (χ1) is 12.2. The monoisotopic (exact) mass is 336 g/mol. The summed E-state index contributed by atoms with van der Waals surface area (Å²) >= 11 is 0. The highest BCUT2D eigenvalue weighted by Gasteiger charge is 2.21. The van der Waals surface area contributed by atoms with Crippen LogP contribution in [0.5, 0.6) is 0 Å². The van der Waals surface area contributed by atoms with Crippen LogP contribution in [-0.4, -0.2) is 34.4 Å². The van der Waals surface area contributed by atoms with Crippen molar-refractivity contribution in [2.75, 3.05) is 19.0 Å². The van der Waals surface area contributed by atoms with E-state index in [-0.39, 0.29) is 5.56 Å². The molecule has 0 amide bonds. The van der Waals surface area contributed by atoms with Crippen molar-refractivity contribution in [3.05, 3.63) is 64.1 Å². The molecule has 0 spiro atoms. The maximum Gasteiger partial charge on any atom is 0.337 e. The Morgan fingerprint density at radius 1 is 1.24 bits per heavy atom. The number of hydrogen-bond acceptors (Lipinski definition) is 5. The predicted octanol–water partition coefficient (Wildman–Crippen LogP) is 1.98. The van der Waals surface area contributed by atoms with Gasteiger partial charge in [0.1, 0.15) is 5.82 Å². The lowest BCUT2D eigenvalue weighted by molar-refractivity contribution is 0.0600. The first-order valence-electron chi connectivity index (χ1n) is 7.91. The summed E-state index contributed by atoms with van der Waals surface area (Å²) < 4.78 is 6.19. The van der Waals surface area contributed by atoms with E-state index in [1.54, 1.807) is 30.5 Å². The van der Waals surface area contributed by atoms with E-state index in [9.17, 15) is 9.59 Å². The molecule has 4 rings (SSSR count). The van der Waals surface area contributed by atoms with Gasteiger partial charge in [0.05, 0.1) is 24.1 Å². The molecule has 0 saturated carbocycles. The van der Waals surface area contributed by atoms with E-state index >= 15 is 0 Å². The minimum atomic E-state index is -0.410. The zero-order valence-electron chi connectivity index (χ0n) is 13.6. The van der Waals surface area contributed by atoms with Gasteiger partial charge in [-0.3, -0.25) is 9.89 Å². The van der Waals surface area contributed by atoms with Crippen LogP contribution in [0.4, 0.5) is 5.82 Å². The predicted molar refractivity (Wildman–Crippen MR) is 93.2 cm³/mol. The van der Waals surface area contributed by atoms with Crippen LogP contribution in [0.25, 0.3) is 16.9 Å². The van der Waals surface area contributed by atoms with Crippen LogP contribution in [-0.2, 0) is 11.2 Å². The third-order valence-corrected chi connectivity index (χ3v) is 4.28. The van der Waals surface area contributed by atoms with Crippen LogP contribution in [0.1, 0.15) is 15.9 Å². The Labute approximate surface area is 143 Å². The Morgan fingerprint density at radius 2 is 2.04 bits per heavy atom. The van der Waals surface area contributed by atoms with Gasteiger partial charge in [-0.2, -0.15) is 0 Å². The molecule has 0 radical (unpaired) electrons. The van der Waals surface area contributed by atoms with Crippen molar-refractivity contribution in [3.63, 3.8) is 0 Å². The number of nitrogens with one attached hydrogen (secondary N) is 2. The molecule has 0 unspecified atom stereocenters. The third kappa shape index (κ3) is 2.50. The minimum absolute atomic E-state index is 0.0979. The van der Waals surface area contributed by atoms with E-state index < -0.39 is 5.97 Å². The van der Waals surface area contributed by atoms with Crippen molar-refractivity contribution < 1.29 is 9.53 Å². The Hall–Kier alpha value is -3.35. The molecule has 2 aromatic heterocycles. The number of anilines is 1. The zero-order valence-corrected chi connectivity index (χ0v) is 13.6. The minimum Gasteiger partial charge on any atom is -0.465 e. The smallest absolute Gasteiger partial charge is 0.337 e. The molecule has 7 nitrogen and oxygen atoms in total. The number of carbonyl (C=O) groups is 1. The molecule has 25 heavy (non-hydrogen) atoms. The van der Waals surface area contributed by atoms with Gasteiger partial charge in [-0.25, -0.2) is 14.5 Å². The molecule has 3 heterocycles. The van der Waals surface area contributed by atoms with Crippen molar-refractivity contribution in [2.45, 2.75) is 6.42 Å². The molecule has 0 atom stereocenters. The molecule has 0 fully saturated rings. The maximum atomic E-state index is 12.8. The van der Waals surface area contributed by atoms with Gasteiger partial charge in [0, 0.05) is 23.9 Å². The summed E-state index contributed by atoms with van der Waals surface area (Å²) in [6.07, 6.45) is 2.33. The highest BCUT2D eigenvalue weighted by Crippen LogP contribution is 2.29. The lowest BCUT2D eigenvalue weighted by atomic mass is 10.1. The Morgan fingerprint density at radius 3 is 2.80 bits per heavy atom. The van der Waals surface area contributed by atoms with Gasteiger partial charge in [0.15, 0.2) is 0 Å². The number of hydrogen-bond donors (Lipinski definition) is 2. The molecule has 0 saturated heterocycles. The molecule has 0 aliphatic carbocycles. The third-order valence-electron chi connectivity index (χ3n) is 4.28. The summed E-state index contributed by atoms with van der Waals surface area (Å²) in [5.74, 6) is 0.350. The normalized spacial score (nSPS) is 12.5. The van der Waals surface area contributed by atoms with Crippen molar-refractivity contribution in [1.82, 2.24) is 14.8 Å². The largest absolute Gasteiger partial charge is 0.465 e. The fourth-order valence-corrected chi connectivity index (χ4v) is 3.03. The van der Waals surface area contributed by atoms with Gasteiger partial charge in [-0.1, -0.05) is 0 Å². The van der Waals surface area contributed by atoms with Crippen LogP contribution in [0.3, 0.4) is 0 Å². The van der Waals surface area contributed by atoms with Crippen molar-refractivity contribution in [1.29, 1.82) is 0 Å². The lowest BCUT2D eigenvalue weighted by Crippen LogP contribution is -2.19. The Bertz CT molecular complexity index is 1000. The van der Waals surface area contributed by atoms with E-state index in [4.69, 9.17) is 4.74 Å². The summed E-state index contributed by atoms with van der Waals surface area (Å²) in [5.41, 5.74) is 3.36. The Balaban J connectivity index is 1.82. The number of carbonyl (C=O) groups excluding carboxylic acids is 1. The quantitative estimate of drug-likeness (QED) is 0.699. The van der Waals surface area contributed by atoms with Crippen molar-refractivity contribution >= 4 is 11.8 Å². The van der Waals surface area contributed by atoms with Crippen LogP contribution in [0, 0.1) is 0 Å². The first-order valence-corrected chi connectivity index (χ1v) is 7.91. The number of pyridine rings is 1. The van der Waals surface area contributed by atoms with Gasteiger partial charge >= 0.3 is 5.97 Å². The van der Waals surface area contributed by atoms with E-state index in [0.29, 0.717) is 24.2 Å². The molecule has 3 aromatic rings. The highest BCUT2D eigenvalue weighted by molar-refractivity contribution is 5.89. The average molecular weight is 336 g/mol. The molecule has 1 aromatic carbocycles. The number of benzene rings is 1. The average Bonchev–Trinajstić information content (AvgIpc) is 2.87. The summed E-state index contributed by atoms with van der Waals surface area (Å²) in [6, 6.07) is 10.5. The SMILES string of the molecule is COC(=O)c1ccc(-n2[nH]c3c(c2=O)CCNc2ncccc2-3)cc1. The van der Waals surface area contributed by atoms with Crippen LogP contribution < -0.4 is 10.9 Å². The van der Waals surface area contributed by atoms with E-state index in [0.717, 1.165) is 22.6 Å². The standard InChI is InChI=1S/C18H16N4O3/c1-25-18(24)11-4-6-12(7-5-11)22-17(23)14-8-10-20-16-13(15(14)21-22)3-2-9-19-16/h2-7,9,21H,8,10H2,1H3,(H,19,20). The van der Waals surface area contributed by atoms with Gasteiger partial charge in [0.2, 0.25) is 0 Å². The molecule has 2 N–H and O–H groups in total. The fraction of sp³-hybridized carbons (Fsp3) is 0.167. The topological polar surface area (TPSA) is 89.0 Å². The van der Waals surface area contributed by atoms with E-state index in [1.807, 2.05) is 12.1 Å². The number of nitrogens with zero attached hydrogens (tertiary/aromatic N) is 2. The lowest BCUT2D eigenvalue weighted by Gasteiger charge is -2.07. The van der Waals surface area contributed by atoms with Gasteiger partial charge < -0.3 is 10.1 Å². The number of fused-ring (bicyclic) bond motifs is 3. The van der Waals surface area contributed by atoms with Gasteiger partial charge in [-0.15, -0.1) is 0 Å². The molecule has 7 heteroatoms. The summed E-state index contributed by atoms with van der Waals surface area (Å²) in [6.45, 7) is 0.644. The highest BCUT2D eigenvalue weighted by atomic mass is 16.5. The first kappa shape index (κ1) is 15.2. The Kier molecular flexibility index (Phi) is 3.61. The molecule has 1 aliphatic rings. The second-order valence-corrected chi connectivity index (χ2v) is 5.72. The number of rotatable bonds is 2. The summed E-state index contributed by atoms with van der Waals surface area (Å²) in [5, 5.41) is 6.43. The molecular formula is C18H16N4O3. The maximum absolute atomic E-state index is 12.8. The van der Waals surface area contributed by atoms with Gasteiger partial charge in [-0.05, 0) is 42.8 Å². The number of methoxy groups -OCH3 is 1. The number of ether oxygens (including phenoxy) is 1. The number of aromatic amines is 1. The fourth-order valence-electron chi connectivity index (χ4n) is 3.03. The second-order valence-electron chi connectivity index (χ2n) is 5.72. The van der Waals surface area contributed by atoms with E-state index in [1.165, 1.54) is 11.8 Å². The zero-order chi connectivity index (χ0) is 17.4. The van der Waals surface area contributed by atoms with Crippen LogP contribution >= 0.6 is 0 Å². The van der Waals surface area contributed by atoms with Crippen molar-refractivity contribution in [3.8, 4) is 16.9 Å². The molecular weight excluding hydrogens is 320 g/mol. The summed E-state index contributed by atoms with van der Waals surface area (Å²) in [4.78, 5) is 28.7. The molecule has 0 bridgehead atoms. The number of H-pyrrole nitrogens is 1. The molecule has 1 aliphatic heterocycles. The van der Waals surface area contributed by atoms with Crippen molar-refractivity contribution in [2.24, 2.45) is 0 Å². The second kappa shape index (κ2) is 5.94. The van der Waals surface area contributed by atoms with E-state index in [2.05, 4.69) is 15.4 Å². The van der Waals surface area contributed by atoms with Crippen LogP contribution in [0.15, 0.2) is 47.4 Å². The molecule has 126 valence electrons. The van der Waals surface area contributed by atoms with Crippen LogP contribution in [0.2, 0.25) is 0 Å².